The van der Waals surface area contributed by atoms with Crippen LogP contribution in [0.2, 0.25) is 0 Å². The zero-order valence-electron chi connectivity index (χ0n) is 9.40. The highest BCUT2D eigenvalue weighted by molar-refractivity contribution is 5.91. The summed E-state index contributed by atoms with van der Waals surface area (Å²) in [5.41, 5.74) is 2.82. The standard InChI is InChI=1S/C12H13N3O2/c1-8-10(12(16)17)3-2-4-11(8)13-7-9-5-6-14-15-9/h2-6,13H,7H2,1H3,(H,14,15)(H,16,17). The first-order valence-corrected chi connectivity index (χ1v) is 5.23. The van der Waals surface area contributed by atoms with Gasteiger partial charge in [0, 0.05) is 11.9 Å². The number of aromatic amines is 1. The van der Waals surface area contributed by atoms with Crippen LogP contribution in [0.3, 0.4) is 0 Å². The monoisotopic (exact) mass is 231 g/mol. The summed E-state index contributed by atoms with van der Waals surface area (Å²) in [7, 11) is 0. The van der Waals surface area contributed by atoms with Crippen LogP contribution >= 0.6 is 0 Å². The first-order valence-electron chi connectivity index (χ1n) is 5.23. The van der Waals surface area contributed by atoms with E-state index >= 15 is 0 Å². The number of benzene rings is 1. The van der Waals surface area contributed by atoms with Crippen molar-refractivity contribution in [2.24, 2.45) is 0 Å². The van der Waals surface area contributed by atoms with Crippen LogP contribution in [0.15, 0.2) is 30.5 Å². The fourth-order valence-electron chi connectivity index (χ4n) is 1.63. The second kappa shape index (κ2) is 4.69. The molecule has 1 heterocycles. The largest absolute Gasteiger partial charge is 0.478 e. The van der Waals surface area contributed by atoms with E-state index in [1.54, 1.807) is 25.3 Å². The molecule has 0 bridgehead atoms. The van der Waals surface area contributed by atoms with Crippen molar-refractivity contribution in [2.75, 3.05) is 5.32 Å². The minimum atomic E-state index is -0.910. The molecular formula is C12H13N3O2. The summed E-state index contributed by atoms with van der Waals surface area (Å²) in [6.45, 7) is 2.38. The predicted molar refractivity (Wildman–Crippen MR) is 64.1 cm³/mol. The Morgan fingerprint density at radius 2 is 2.29 bits per heavy atom. The molecule has 0 saturated carbocycles. The van der Waals surface area contributed by atoms with E-state index in [0.717, 1.165) is 16.9 Å². The Hall–Kier alpha value is -2.30. The van der Waals surface area contributed by atoms with E-state index in [1.807, 2.05) is 12.1 Å². The third kappa shape index (κ3) is 2.44. The van der Waals surface area contributed by atoms with Gasteiger partial charge in [0.1, 0.15) is 0 Å². The van der Waals surface area contributed by atoms with Crippen LogP contribution in [-0.4, -0.2) is 21.3 Å². The number of hydrogen-bond acceptors (Lipinski definition) is 3. The van der Waals surface area contributed by atoms with E-state index in [1.165, 1.54) is 0 Å². The van der Waals surface area contributed by atoms with E-state index in [-0.39, 0.29) is 0 Å². The van der Waals surface area contributed by atoms with E-state index < -0.39 is 5.97 Å². The number of carboxylic acid groups (broad SMARTS) is 1. The van der Waals surface area contributed by atoms with Crippen LogP contribution < -0.4 is 5.32 Å². The molecule has 0 spiro atoms. The Balaban J connectivity index is 2.16. The Labute approximate surface area is 98.5 Å². The molecule has 17 heavy (non-hydrogen) atoms. The summed E-state index contributed by atoms with van der Waals surface area (Å²) in [4.78, 5) is 11.0. The normalized spacial score (nSPS) is 10.2. The second-order valence-electron chi connectivity index (χ2n) is 3.72. The summed E-state index contributed by atoms with van der Waals surface area (Å²) in [6, 6.07) is 7.05. The highest BCUT2D eigenvalue weighted by Gasteiger charge is 2.09. The van der Waals surface area contributed by atoms with Gasteiger partial charge >= 0.3 is 5.97 Å². The Kier molecular flexibility index (Phi) is 3.09. The number of rotatable bonds is 4. The second-order valence-corrected chi connectivity index (χ2v) is 3.72. The Morgan fingerprint density at radius 3 is 2.94 bits per heavy atom. The predicted octanol–water partition coefficient (Wildman–Crippen LogP) is 2.03. The molecule has 0 aliphatic carbocycles. The summed E-state index contributed by atoms with van der Waals surface area (Å²) in [5.74, 6) is -0.910. The highest BCUT2D eigenvalue weighted by Crippen LogP contribution is 2.19. The number of aromatic carboxylic acids is 1. The van der Waals surface area contributed by atoms with Crippen molar-refractivity contribution in [3.8, 4) is 0 Å². The molecule has 0 saturated heterocycles. The van der Waals surface area contributed by atoms with Crippen LogP contribution in [0.1, 0.15) is 21.6 Å². The average molecular weight is 231 g/mol. The highest BCUT2D eigenvalue weighted by atomic mass is 16.4. The van der Waals surface area contributed by atoms with Crippen molar-refractivity contribution < 1.29 is 9.90 Å². The first-order chi connectivity index (χ1) is 8.18. The molecule has 0 radical (unpaired) electrons. The van der Waals surface area contributed by atoms with Crippen molar-refractivity contribution in [2.45, 2.75) is 13.5 Å². The summed E-state index contributed by atoms with van der Waals surface area (Å²) >= 11 is 0. The number of hydrogen-bond donors (Lipinski definition) is 3. The van der Waals surface area contributed by atoms with Gasteiger partial charge in [-0.15, -0.1) is 0 Å². The topological polar surface area (TPSA) is 78.0 Å². The smallest absolute Gasteiger partial charge is 0.336 e. The van der Waals surface area contributed by atoms with Gasteiger partial charge in [-0.1, -0.05) is 6.07 Å². The lowest BCUT2D eigenvalue weighted by Gasteiger charge is -2.10. The van der Waals surface area contributed by atoms with Gasteiger partial charge in [-0.05, 0) is 30.7 Å². The molecule has 2 rings (SSSR count). The maximum absolute atomic E-state index is 11.0. The van der Waals surface area contributed by atoms with E-state index in [9.17, 15) is 4.79 Å². The first kappa shape index (κ1) is 11.2. The molecule has 5 nitrogen and oxygen atoms in total. The zero-order valence-corrected chi connectivity index (χ0v) is 9.40. The molecule has 1 aromatic carbocycles. The van der Waals surface area contributed by atoms with Gasteiger partial charge in [0.05, 0.1) is 17.8 Å². The van der Waals surface area contributed by atoms with E-state index in [2.05, 4.69) is 15.5 Å². The van der Waals surface area contributed by atoms with Crippen LogP contribution in [0.5, 0.6) is 0 Å². The minimum absolute atomic E-state index is 0.319. The van der Waals surface area contributed by atoms with Gasteiger partial charge in [-0.25, -0.2) is 4.79 Å². The summed E-state index contributed by atoms with van der Waals surface area (Å²) in [5, 5.41) is 18.9. The Bertz CT molecular complexity index is 521. The molecule has 0 aliphatic rings. The van der Waals surface area contributed by atoms with Gasteiger partial charge in [0.2, 0.25) is 0 Å². The number of carboxylic acids is 1. The van der Waals surface area contributed by atoms with Crippen LogP contribution in [0, 0.1) is 6.92 Å². The minimum Gasteiger partial charge on any atom is -0.478 e. The fraction of sp³-hybridized carbons (Fsp3) is 0.167. The molecular weight excluding hydrogens is 218 g/mol. The average Bonchev–Trinajstić information content (AvgIpc) is 2.80. The lowest BCUT2D eigenvalue weighted by molar-refractivity contribution is 0.0696. The van der Waals surface area contributed by atoms with Crippen LogP contribution in [-0.2, 0) is 6.54 Å². The van der Waals surface area contributed by atoms with Gasteiger partial charge < -0.3 is 10.4 Å². The van der Waals surface area contributed by atoms with Gasteiger partial charge in [0.25, 0.3) is 0 Å². The maximum Gasteiger partial charge on any atom is 0.336 e. The third-order valence-corrected chi connectivity index (χ3v) is 2.59. The Morgan fingerprint density at radius 1 is 1.47 bits per heavy atom. The summed E-state index contributed by atoms with van der Waals surface area (Å²) in [6.07, 6.45) is 1.68. The molecule has 0 amide bonds. The number of aromatic nitrogens is 2. The van der Waals surface area contributed by atoms with Gasteiger partial charge in [-0.3, -0.25) is 5.10 Å². The summed E-state index contributed by atoms with van der Waals surface area (Å²) < 4.78 is 0. The quantitative estimate of drug-likeness (QED) is 0.752. The van der Waals surface area contributed by atoms with Crippen molar-refractivity contribution in [3.63, 3.8) is 0 Å². The molecule has 88 valence electrons. The van der Waals surface area contributed by atoms with Crippen LogP contribution in [0.25, 0.3) is 0 Å². The van der Waals surface area contributed by atoms with Crippen molar-refractivity contribution >= 4 is 11.7 Å². The van der Waals surface area contributed by atoms with E-state index in [0.29, 0.717) is 12.1 Å². The molecule has 1 aromatic heterocycles. The number of nitrogens with one attached hydrogen (secondary N) is 2. The zero-order chi connectivity index (χ0) is 12.3. The SMILES string of the molecule is Cc1c(NCc2ccn[nH]2)cccc1C(=O)O. The molecule has 2 aromatic rings. The number of carbonyl (C=O) groups is 1. The molecule has 0 fully saturated rings. The van der Waals surface area contributed by atoms with E-state index in [4.69, 9.17) is 5.11 Å². The molecule has 5 heteroatoms. The van der Waals surface area contributed by atoms with Gasteiger partial charge in [0.15, 0.2) is 0 Å². The molecule has 0 aliphatic heterocycles. The fourth-order valence-corrected chi connectivity index (χ4v) is 1.63. The number of anilines is 1. The van der Waals surface area contributed by atoms with Gasteiger partial charge in [-0.2, -0.15) is 5.10 Å². The number of H-pyrrole nitrogens is 1. The van der Waals surface area contributed by atoms with Crippen molar-refractivity contribution in [3.05, 3.63) is 47.3 Å². The maximum atomic E-state index is 11.0. The molecule has 3 N–H and O–H groups in total. The number of nitrogens with zero attached hydrogens (tertiary/aromatic N) is 1. The lowest BCUT2D eigenvalue weighted by atomic mass is 10.1. The molecule has 0 unspecified atom stereocenters. The van der Waals surface area contributed by atoms with Crippen LogP contribution in [0.4, 0.5) is 5.69 Å². The lowest BCUT2D eigenvalue weighted by Crippen LogP contribution is -2.05. The molecule has 0 atom stereocenters. The van der Waals surface area contributed by atoms with Crippen molar-refractivity contribution in [1.82, 2.24) is 10.2 Å². The van der Waals surface area contributed by atoms with Crippen molar-refractivity contribution in [1.29, 1.82) is 0 Å². The third-order valence-electron chi connectivity index (χ3n) is 2.59.